The predicted octanol–water partition coefficient (Wildman–Crippen LogP) is 0.138. The Bertz CT molecular complexity index is 437. The van der Waals surface area contributed by atoms with Crippen molar-refractivity contribution >= 4 is 11.8 Å². The van der Waals surface area contributed by atoms with Crippen LogP contribution in [-0.4, -0.2) is 38.0 Å². The van der Waals surface area contributed by atoms with E-state index < -0.39 is 0 Å². The summed E-state index contributed by atoms with van der Waals surface area (Å²) < 4.78 is 0. The third-order valence-electron chi connectivity index (χ3n) is 3.09. The van der Waals surface area contributed by atoms with E-state index >= 15 is 0 Å². The predicted molar refractivity (Wildman–Crippen MR) is 87.1 cm³/mol. The highest BCUT2D eigenvalue weighted by Gasteiger charge is 2.04. The normalized spacial score (nSPS) is 10.2. The van der Waals surface area contributed by atoms with E-state index in [1.54, 1.807) is 0 Å². The molecule has 122 valence electrons. The molecule has 0 aliphatic heterocycles. The first kappa shape index (κ1) is 18.1. The third kappa shape index (κ3) is 9.10. The maximum Gasteiger partial charge on any atom is 0.220 e. The Morgan fingerprint density at radius 1 is 0.909 bits per heavy atom. The van der Waals surface area contributed by atoms with Gasteiger partial charge in [-0.3, -0.25) is 9.59 Å². The molecule has 0 heterocycles. The summed E-state index contributed by atoms with van der Waals surface area (Å²) in [4.78, 5) is 23.2. The van der Waals surface area contributed by atoms with Crippen LogP contribution in [0.1, 0.15) is 24.8 Å². The van der Waals surface area contributed by atoms with Crippen LogP contribution >= 0.6 is 0 Å². The van der Waals surface area contributed by atoms with Gasteiger partial charge in [-0.05, 0) is 12.0 Å². The molecule has 6 nitrogen and oxygen atoms in total. The Morgan fingerprint density at radius 3 is 2.27 bits per heavy atom. The average Bonchev–Trinajstić information content (AvgIpc) is 2.54. The Labute approximate surface area is 131 Å². The molecule has 2 amide bonds. The molecule has 0 atom stereocenters. The van der Waals surface area contributed by atoms with Crippen LogP contribution in [-0.2, 0) is 16.1 Å². The summed E-state index contributed by atoms with van der Waals surface area (Å²) in [6.45, 7) is 3.15. The maximum atomic E-state index is 11.7. The van der Waals surface area contributed by atoms with Gasteiger partial charge in [0.25, 0.3) is 0 Å². The van der Waals surface area contributed by atoms with Crippen molar-refractivity contribution in [1.82, 2.24) is 16.0 Å². The summed E-state index contributed by atoms with van der Waals surface area (Å²) in [5, 5.41) is 8.74. The van der Waals surface area contributed by atoms with E-state index in [1.165, 1.54) is 0 Å². The van der Waals surface area contributed by atoms with Crippen LogP contribution in [0.4, 0.5) is 0 Å². The molecule has 0 fully saturated rings. The number of rotatable bonds is 11. The van der Waals surface area contributed by atoms with E-state index in [0.717, 1.165) is 12.1 Å². The second kappa shape index (κ2) is 11.7. The van der Waals surface area contributed by atoms with Crippen molar-refractivity contribution in [2.75, 3.05) is 26.2 Å². The summed E-state index contributed by atoms with van der Waals surface area (Å²) in [6.07, 6.45) is 1.30. The number of nitrogens with two attached hydrogens (primary N) is 1. The molecule has 0 unspecified atom stereocenters. The Morgan fingerprint density at radius 2 is 1.59 bits per heavy atom. The lowest BCUT2D eigenvalue weighted by atomic mass is 10.2. The molecule has 5 N–H and O–H groups in total. The molecular formula is C16H26N4O2. The average molecular weight is 306 g/mol. The van der Waals surface area contributed by atoms with Gasteiger partial charge < -0.3 is 21.7 Å². The monoisotopic (exact) mass is 306 g/mol. The molecule has 0 saturated heterocycles. The van der Waals surface area contributed by atoms with Crippen molar-refractivity contribution < 1.29 is 9.59 Å². The van der Waals surface area contributed by atoms with Crippen molar-refractivity contribution in [3.05, 3.63) is 35.9 Å². The van der Waals surface area contributed by atoms with Gasteiger partial charge in [0.1, 0.15) is 0 Å². The topological polar surface area (TPSA) is 96.2 Å². The maximum absolute atomic E-state index is 11.7. The first-order valence-corrected chi connectivity index (χ1v) is 7.70. The Hall–Kier alpha value is -1.92. The fraction of sp³-hybridized carbons (Fsp3) is 0.500. The second-order valence-electron chi connectivity index (χ2n) is 5.00. The van der Waals surface area contributed by atoms with Gasteiger partial charge in [-0.1, -0.05) is 30.3 Å². The molecule has 0 radical (unpaired) electrons. The van der Waals surface area contributed by atoms with Crippen molar-refractivity contribution in [2.24, 2.45) is 5.73 Å². The number of nitrogens with one attached hydrogen (secondary N) is 3. The van der Waals surface area contributed by atoms with Crippen LogP contribution in [0.2, 0.25) is 0 Å². The summed E-state index contributed by atoms with van der Waals surface area (Å²) in [5.41, 5.74) is 6.41. The lowest BCUT2D eigenvalue weighted by Gasteiger charge is -2.07. The van der Waals surface area contributed by atoms with Gasteiger partial charge in [-0.15, -0.1) is 0 Å². The minimum atomic E-state index is -0.0266. The van der Waals surface area contributed by atoms with Gasteiger partial charge in [0, 0.05) is 45.6 Å². The van der Waals surface area contributed by atoms with Gasteiger partial charge in [0.2, 0.25) is 11.8 Å². The minimum Gasteiger partial charge on any atom is -0.355 e. The molecule has 1 aromatic carbocycles. The van der Waals surface area contributed by atoms with E-state index in [2.05, 4.69) is 16.0 Å². The van der Waals surface area contributed by atoms with E-state index in [4.69, 9.17) is 5.73 Å². The van der Waals surface area contributed by atoms with E-state index in [-0.39, 0.29) is 11.8 Å². The molecule has 22 heavy (non-hydrogen) atoms. The molecule has 0 aliphatic carbocycles. The van der Waals surface area contributed by atoms with E-state index in [0.29, 0.717) is 45.4 Å². The standard InChI is InChI=1S/C16H26N4O2/c17-9-10-18-11-12-19-15(21)7-4-8-16(22)20-13-14-5-2-1-3-6-14/h1-3,5-6,18H,4,7-13,17H2,(H,19,21)(H,20,22). The lowest BCUT2D eigenvalue weighted by Crippen LogP contribution is -2.33. The summed E-state index contributed by atoms with van der Waals surface area (Å²) in [5.74, 6) is -0.0494. The second-order valence-corrected chi connectivity index (χ2v) is 5.00. The van der Waals surface area contributed by atoms with Gasteiger partial charge >= 0.3 is 0 Å². The van der Waals surface area contributed by atoms with Gasteiger partial charge in [-0.2, -0.15) is 0 Å². The molecule has 0 spiro atoms. The van der Waals surface area contributed by atoms with Crippen LogP contribution in [0.15, 0.2) is 30.3 Å². The van der Waals surface area contributed by atoms with Crippen LogP contribution in [0.25, 0.3) is 0 Å². The number of hydrogen-bond acceptors (Lipinski definition) is 4. The van der Waals surface area contributed by atoms with Crippen molar-refractivity contribution in [3.63, 3.8) is 0 Å². The molecule has 1 rings (SSSR count). The fourth-order valence-electron chi connectivity index (χ4n) is 1.90. The van der Waals surface area contributed by atoms with Crippen LogP contribution in [0.5, 0.6) is 0 Å². The zero-order chi connectivity index (χ0) is 16.0. The summed E-state index contributed by atoms with van der Waals surface area (Å²) in [6, 6.07) is 9.75. The van der Waals surface area contributed by atoms with Crippen LogP contribution in [0.3, 0.4) is 0 Å². The lowest BCUT2D eigenvalue weighted by molar-refractivity contribution is -0.122. The van der Waals surface area contributed by atoms with Gasteiger partial charge in [0.15, 0.2) is 0 Å². The number of hydrogen-bond donors (Lipinski definition) is 4. The quantitative estimate of drug-likeness (QED) is 0.437. The van der Waals surface area contributed by atoms with Crippen molar-refractivity contribution in [1.29, 1.82) is 0 Å². The van der Waals surface area contributed by atoms with Crippen LogP contribution < -0.4 is 21.7 Å². The molecule has 6 heteroatoms. The minimum absolute atomic E-state index is 0.0228. The zero-order valence-electron chi connectivity index (χ0n) is 12.9. The summed E-state index contributed by atoms with van der Waals surface area (Å²) in [7, 11) is 0. The zero-order valence-corrected chi connectivity index (χ0v) is 12.9. The Balaban J connectivity index is 2.01. The highest BCUT2D eigenvalue weighted by atomic mass is 16.2. The number of carbonyl (C=O) groups is 2. The SMILES string of the molecule is NCCNCCNC(=O)CCCC(=O)NCc1ccccc1. The third-order valence-corrected chi connectivity index (χ3v) is 3.09. The number of carbonyl (C=O) groups excluding carboxylic acids is 2. The highest BCUT2D eigenvalue weighted by molar-refractivity contribution is 5.78. The van der Waals surface area contributed by atoms with Crippen molar-refractivity contribution in [2.45, 2.75) is 25.8 Å². The first-order chi connectivity index (χ1) is 10.7. The fourth-order valence-corrected chi connectivity index (χ4v) is 1.90. The van der Waals surface area contributed by atoms with E-state index in [9.17, 15) is 9.59 Å². The van der Waals surface area contributed by atoms with Crippen molar-refractivity contribution in [3.8, 4) is 0 Å². The smallest absolute Gasteiger partial charge is 0.220 e. The molecule has 0 aliphatic rings. The van der Waals surface area contributed by atoms with E-state index in [1.807, 2.05) is 30.3 Å². The van der Waals surface area contributed by atoms with Gasteiger partial charge in [0.05, 0.1) is 0 Å². The Kier molecular flexibility index (Phi) is 9.65. The molecule has 0 bridgehead atoms. The number of benzene rings is 1. The molecule has 1 aromatic rings. The number of amides is 2. The van der Waals surface area contributed by atoms with Gasteiger partial charge in [-0.25, -0.2) is 0 Å². The molecule has 0 aromatic heterocycles. The first-order valence-electron chi connectivity index (χ1n) is 7.70. The molecule has 0 saturated carbocycles. The molecular weight excluding hydrogens is 280 g/mol. The summed E-state index contributed by atoms with van der Waals surface area (Å²) >= 11 is 0. The highest BCUT2D eigenvalue weighted by Crippen LogP contribution is 1.99. The van der Waals surface area contributed by atoms with Crippen LogP contribution in [0, 0.1) is 0 Å². The largest absolute Gasteiger partial charge is 0.355 e.